The second kappa shape index (κ2) is 7.35. The molecule has 0 radical (unpaired) electrons. The van der Waals surface area contributed by atoms with Crippen LogP contribution in [0.3, 0.4) is 0 Å². The van der Waals surface area contributed by atoms with Gasteiger partial charge in [0.25, 0.3) is 0 Å². The molecule has 1 amide bonds. The molecule has 2 unspecified atom stereocenters. The molecule has 22 heavy (non-hydrogen) atoms. The van der Waals surface area contributed by atoms with Crippen LogP contribution in [0.15, 0.2) is 24.3 Å². The van der Waals surface area contributed by atoms with Crippen LogP contribution in [-0.4, -0.2) is 47.7 Å². The third kappa shape index (κ3) is 4.27. The van der Waals surface area contributed by atoms with Crippen LogP contribution in [0.2, 0.25) is 0 Å². The highest BCUT2D eigenvalue weighted by molar-refractivity contribution is 5.79. The number of benzene rings is 1. The van der Waals surface area contributed by atoms with Gasteiger partial charge in [-0.15, -0.1) is 0 Å². The standard InChI is InChI=1S/C16H20FNO4/c1-11(8-12-4-2-3-5-14(12)17)16(21)18-6-7-22-13(10-18)9-15(19)20/h2-5,11,13H,6-10H2,1H3,(H,19,20). The third-order valence-corrected chi connectivity index (χ3v) is 3.76. The monoisotopic (exact) mass is 309 g/mol. The van der Waals surface area contributed by atoms with E-state index < -0.39 is 12.1 Å². The molecule has 1 aliphatic heterocycles. The number of morpholine rings is 1. The molecule has 0 spiro atoms. The number of ether oxygens (including phenoxy) is 1. The molecule has 0 aromatic heterocycles. The molecule has 2 rings (SSSR count). The van der Waals surface area contributed by atoms with E-state index in [0.29, 0.717) is 25.1 Å². The maximum absolute atomic E-state index is 13.7. The largest absolute Gasteiger partial charge is 0.481 e. The molecule has 1 aromatic carbocycles. The molecular formula is C16H20FNO4. The molecule has 0 bridgehead atoms. The van der Waals surface area contributed by atoms with Crippen LogP contribution in [0, 0.1) is 11.7 Å². The van der Waals surface area contributed by atoms with E-state index in [4.69, 9.17) is 9.84 Å². The normalized spacial score (nSPS) is 19.7. The van der Waals surface area contributed by atoms with Crippen LogP contribution in [-0.2, 0) is 20.7 Å². The van der Waals surface area contributed by atoms with Crippen LogP contribution in [0.1, 0.15) is 18.9 Å². The molecule has 120 valence electrons. The highest BCUT2D eigenvalue weighted by Crippen LogP contribution is 2.17. The summed E-state index contributed by atoms with van der Waals surface area (Å²) in [5, 5.41) is 8.80. The predicted molar refractivity (Wildman–Crippen MR) is 77.8 cm³/mol. The lowest BCUT2D eigenvalue weighted by Crippen LogP contribution is -2.48. The molecule has 6 heteroatoms. The summed E-state index contributed by atoms with van der Waals surface area (Å²) >= 11 is 0. The van der Waals surface area contributed by atoms with Crippen LogP contribution in [0.25, 0.3) is 0 Å². The molecule has 1 aromatic rings. The Morgan fingerprint density at radius 1 is 1.45 bits per heavy atom. The highest BCUT2D eigenvalue weighted by Gasteiger charge is 2.28. The van der Waals surface area contributed by atoms with Gasteiger partial charge in [-0.2, -0.15) is 0 Å². The van der Waals surface area contributed by atoms with Crippen LogP contribution in [0.4, 0.5) is 4.39 Å². The zero-order valence-corrected chi connectivity index (χ0v) is 12.5. The van der Waals surface area contributed by atoms with Gasteiger partial charge in [0.15, 0.2) is 0 Å². The van der Waals surface area contributed by atoms with Crippen molar-refractivity contribution in [1.82, 2.24) is 4.90 Å². The summed E-state index contributed by atoms with van der Waals surface area (Å²) in [6, 6.07) is 6.41. The molecule has 0 aliphatic carbocycles. The fraction of sp³-hybridized carbons (Fsp3) is 0.500. The lowest BCUT2D eigenvalue weighted by atomic mass is 9.99. The van der Waals surface area contributed by atoms with Crippen LogP contribution < -0.4 is 0 Å². The molecule has 1 saturated heterocycles. The van der Waals surface area contributed by atoms with Gasteiger partial charge in [0.05, 0.1) is 19.1 Å². The maximum atomic E-state index is 13.7. The minimum Gasteiger partial charge on any atom is -0.481 e. The lowest BCUT2D eigenvalue weighted by molar-refractivity contribution is -0.149. The average Bonchev–Trinajstić information content (AvgIpc) is 2.48. The van der Waals surface area contributed by atoms with Crippen molar-refractivity contribution in [2.24, 2.45) is 5.92 Å². The van der Waals surface area contributed by atoms with E-state index in [2.05, 4.69) is 0 Å². The van der Waals surface area contributed by atoms with E-state index in [1.165, 1.54) is 6.07 Å². The number of carbonyl (C=O) groups is 2. The smallest absolute Gasteiger partial charge is 0.306 e. The summed E-state index contributed by atoms with van der Waals surface area (Å²) in [6.45, 7) is 2.80. The van der Waals surface area contributed by atoms with Gasteiger partial charge in [-0.1, -0.05) is 25.1 Å². The number of amides is 1. The first-order valence-electron chi connectivity index (χ1n) is 7.33. The van der Waals surface area contributed by atoms with E-state index in [-0.39, 0.29) is 30.6 Å². The summed E-state index contributed by atoms with van der Waals surface area (Å²) in [5.41, 5.74) is 0.513. The van der Waals surface area contributed by atoms with E-state index in [0.717, 1.165) is 0 Å². The molecule has 2 atom stereocenters. The zero-order chi connectivity index (χ0) is 16.1. The highest BCUT2D eigenvalue weighted by atomic mass is 19.1. The number of hydrogen-bond donors (Lipinski definition) is 1. The van der Waals surface area contributed by atoms with Crippen molar-refractivity contribution in [2.75, 3.05) is 19.7 Å². The summed E-state index contributed by atoms with van der Waals surface area (Å²) in [7, 11) is 0. The Labute approximate surface area is 128 Å². The molecule has 5 nitrogen and oxygen atoms in total. The van der Waals surface area contributed by atoms with Crippen molar-refractivity contribution in [1.29, 1.82) is 0 Å². The zero-order valence-electron chi connectivity index (χ0n) is 12.5. The summed E-state index contributed by atoms with van der Waals surface area (Å²) in [4.78, 5) is 24.8. The van der Waals surface area contributed by atoms with Crippen molar-refractivity contribution < 1.29 is 23.8 Å². The first-order chi connectivity index (χ1) is 10.5. The van der Waals surface area contributed by atoms with E-state index in [9.17, 15) is 14.0 Å². The van der Waals surface area contributed by atoms with Gasteiger partial charge in [0.1, 0.15) is 5.82 Å². The molecule has 1 aliphatic rings. The van der Waals surface area contributed by atoms with Gasteiger partial charge in [0, 0.05) is 19.0 Å². The number of rotatable bonds is 5. The number of carboxylic acid groups (broad SMARTS) is 1. The van der Waals surface area contributed by atoms with Gasteiger partial charge >= 0.3 is 5.97 Å². The Balaban J connectivity index is 1.95. The van der Waals surface area contributed by atoms with Crippen molar-refractivity contribution in [3.63, 3.8) is 0 Å². The number of nitrogens with zero attached hydrogens (tertiary/aromatic N) is 1. The number of halogens is 1. The first-order valence-corrected chi connectivity index (χ1v) is 7.33. The van der Waals surface area contributed by atoms with Gasteiger partial charge in [-0.3, -0.25) is 9.59 Å². The van der Waals surface area contributed by atoms with E-state index >= 15 is 0 Å². The average molecular weight is 309 g/mol. The third-order valence-electron chi connectivity index (χ3n) is 3.76. The van der Waals surface area contributed by atoms with Gasteiger partial charge in [-0.25, -0.2) is 4.39 Å². The number of aliphatic carboxylic acids is 1. The topological polar surface area (TPSA) is 66.8 Å². The second-order valence-corrected chi connectivity index (χ2v) is 5.57. The SMILES string of the molecule is CC(Cc1ccccc1F)C(=O)N1CCOC(CC(=O)O)C1. The Morgan fingerprint density at radius 3 is 2.86 bits per heavy atom. The first kappa shape index (κ1) is 16.4. The van der Waals surface area contributed by atoms with Crippen LogP contribution in [0.5, 0.6) is 0 Å². The van der Waals surface area contributed by atoms with Crippen molar-refractivity contribution in [3.05, 3.63) is 35.6 Å². The van der Waals surface area contributed by atoms with E-state index in [1.54, 1.807) is 30.0 Å². The van der Waals surface area contributed by atoms with Crippen LogP contribution >= 0.6 is 0 Å². The van der Waals surface area contributed by atoms with Crippen molar-refractivity contribution in [2.45, 2.75) is 25.9 Å². The Kier molecular flexibility index (Phi) is 5.49. The quantitative estimate of drug-likeness (QED) is 0.899. The van der Waals surface area contributed by atoms with Gasteiger partial charge < -0.3 is 14.7 Å². The molecule has 1 N–H and O–H groups in total. The van der Waals surface area contributed by atoms with Crippen molar-refractivity contribution in [3.8, 4) is 0 Å². The number of carbonyl (C=O) groups excluding carboxylic acids is 1. The molecule has 0 saturated carbocycles. The fourth-order valence-corrected chi connectivity index (χ4v) is 2.63. The lowest BCUT2D eigenvalue weighted by Gasteiger charge is -2.34. The Hall–Kier alpha value is -1.95. The summed E-state index contributed by atoms with van der Waals surface area (Å²) in [6.07, 6.45) is -0.270. The molecular weight excluding hydrogens is 289 g/mol. The second-order valence-electron chi connectivity index (χ2n) is 5.57. The maximum Gasteiger partial charge on any atom is 0.306 e. The summed E-state index contributed by atoms with van der Waals surface area (Å²) in [5.74, 6) is -1.71. The number of carboxylic acids is 1. The fourth-order valence-electron chi connectivity index (χ4n) is 2.63. The van der Waals surface area contributed by atoms with Gasteiger partial charge in [0.2, 0.25) is 5.91 Å². The summed E-state index contributed by atoms with van der Waals surface area (Å²) < 4.78 is 19.0. The molecule has 1 heterocycles. The molecule has 1 fully saturated rings. The Bertz CT molecular complexity index is 549. The van der Waals surface area contributed by atoms with Crippen molar-refractivity contribution >= 4 is 11.9 Å². The minimum absolute atomic E-state index is 0.0954. The minimum atomic E-state index is -0.946. The predicted octanol–water partition coefficient (Wildman–Crippen LogP) is 1.71. The number of hydrogen-bond acceptors (Lipinski definition) is 3. The Morgan fingerprint density at radius 2 is 2.18 bits per heavy atom. The van der Waals surface area contributed by atoms with E-state index in [1.807, 2.05) is 0 Å². The van der Waals surface area contributed by atoms with Gasteiger partial charge in [-0.05, 0) is 18.1 Å².